The lowest BCUT2D eigenvalue weighted by Gasteiger charge is -2.30. The maximum atomic E-state index is 11.2. The number of benzene rings is 1. The molecule has 1 aromatic rings. The van der Waals surface area contributed by atoms with E-state index in [0.29, 0.717) is 5.92 Å². The van der Waals surface area contributed by atoms with Crippen LogP contribution >= 0.6 is 0 Å². The van der Waals surface area contributed by atoms with Crippen LogP contribution in [0.3, 0.4) is 0 Å². The van der Waals surface area contributed by atoms with Gasteiger partial charge < -0.3 is 10.1 Å². The molecule has 0 amide bonds. The van der Waals surface area contributed by atoms with Crippen LogP contribution in [-0.4, -0.2) is 39.1 Å². The molecule has 0 aromatic heterocycles. The zero-order valence-corrected chi connectivity index (χ0v) is 11.7. The summed E-state index contributed by atoms with van der Waals surface area (Å²) in [6.07, 6.45) is 2.07. The van der Waals surface area contributed by atoms with E-state index in [1.54, 1.807) is 0 Å². The lowest BCUT2D eigenvalue weighted by Crippen LogP contribution is -2.45. The molecule has 3 rings (SSSR count). The minimum atomic E-state index is -2.82. The fraction of sp³-hybridized carbons (Fsp3) is 0.571. The highest BCUT2D eigenvalue weighted by molar-refractivity contribution is 7.92. The molecule has 0 radical (unpaired) electrons. The molecule has 5 heteroatoms. The summed E-state index contributed by atoms with van der Waals surface area (Å²) in [4.78, 5) is 0. The van der Waals surface area contributed by atoms with Crippen LogP contribution in [0.25, 0.3) is 0 Å². The first kappa shape index (κ1) is 12.9. The lowest BCUT2D eigenvalue weighted by molar-refractivity contribution is 0.226. The zero-order valence-electron chi connectivity index (χ0n) is 10.8. The second kappa shape index (κ2) is 5.13. The Labute approximate surface area is 114 Å². The smallest absolute Gasteiger partial charge is 0.157 e. The van der Waals surface area contributed by atoms with Crippen LogP contribution in [0.4, 0.5) is 0 Å². The van der Waals surface area contributed by atoms with Gasteiger partial charge in [-0.2, -0.15) is 0 Å². The van der Waals surface area contributed by atoms with Crippen molar-refractivity contribution in [2.45, 2.75) is 24.9 Å². The third-order valence-electron chi connectivity index (χ3n) is 3.87. The number of piperidine rings is 1. The maximum Gasteiger partial charge on any atom is 0.157 e. The first-order valence-electron chi connectivity index (χ1n) is 6.81. The second-order valence-electron chi connectivity index (χ2n) is 5.38. The second-order valence-corrected chi connectivity index (χ2v) is 7.53. The predicted octanol–water partition coefficient (Wildman–Crippen LogP) is 1.33. The third-order valence-corrected chi connectivity index (χ3v) is 5.63. The van der Waals surface area contributed by atoms with Gasteiger partial charge in [0, 0.05) is 0 Å². The summed E-state index contributed by atoms with van der Waals surface area (Å²) >= 11 is 0. The third kappa shape index (κ3) is 2.92. The Morgan fingerprint density at radius 2 is 1.79 bits per heavy atom. The number of rotatable bonds is 3. The van der Waals surface area contributed by atoms with E-state index < -0.39 is 9.84 Å². The molecule has 0 aliphatic carbocycles. The maximum absolute atomic E-state index is 11.2. The van der Waals surface area contributed by atoms with Crippen molar-refractivity contribution in [3.05, 3.63) is 29.8 Å². The van der Waals surface area contributed by atoms with Crippen molar-refractivity contribution in [3.8, 4) is 5.75 Å². The molecular formula is C14H19NO3S. The fourth-order valence-corrected chi connectivity index (χ4v) is 3.99. The summed E-state index contributed by atoms with van der Waals surface area (Å²) in [5.74, 6) is 1.71. The van der Waals surface area contributed by atoms with E-state index in [2.05, 4.69) is 11.4 Å². The van der Waals surface area contributed by atoms with Gasteiger partial charge in [0.2, 0.25) is 0 Å². The normalized spacial score (nSPS) is 23.8. The molecule has 0 unspecified atom stereocenters. The number of ether oxygens (including phenoxy) is 1. The Hall–Kier alpha value is -1.07. The van der Waals surface area contributed by atoms with Crippen LogP contribution in [0, 0.1) is 0 Å². The van der Waals surface area contributed by atoms with Crippen LogP contribution < -0.4 is 10.1 Å². The average molecular weight is 281 g/mol. The van der Waals surface area contributed by atoms with E-state index in [1.165, 1.54) is 5.56 Å². The summed E-state index contributed by atoms with van der Waals surface area (Å²) in [5, 5.41) is 3.36. The van der Waals surface area contributed by atoms with Gasteiger partial charge in [-0.15, -0.1) is 0 Å². The van der Waals surface area contributed by atoms with Crippen LogP contribution in [0.15, 0.2) is 24.3 Å². The number of para-hydroxylation sites is 1. The van der Waals surface area contributed by atoms with E-state index in [-0.39, 0.29) is 17.6 Å². The summed E-state index contributed by atoms with van der Waals surface area (Å²) < 4.78 is 28.2. The van der Waals surface area contributed by atoms with Crippen molar-refractivity contribution in [3.63, 3.8) is 0 Å². The molecule has 19 heavy (non-hydrogen) atoms. The van der Waals surface area contributed by atoms with Gasteiger partial charge in [-0.3, -0.25) is 0 Å². The van der Waals surface area contributed by atoms with Crippen molar-refractivity contribution in [2.75, 3.05) is 24.6 Å². The fourth-order valence-electron chi connectivity index (χ4n) is 2.82. The van der Waals surface area contributed by atoms with E-state index in [1.807, 2.05) is 18.2 Å². The first-order chi connectivity index (χ1) is 9.14. The molecule has 2 aliphatic rings. The van der Waals surface area contributed by atoms with Gasteiger partial charge in [0.05, 0.1) is 11.5 Å². The summed E-state index contributed by atoms with van der Waals surface area (Å²) in [5.41, 5.74) is 1.23. The number of sulfone groups is 1. The Morgan fingerprint density at radius 1 is 1.11 bits per heavy atom. The Balaban J connectivity index is 1.74. The Bertz CT molecular complexity index is 538. The molecule has 0 bridgehead atoms. The minimum absolute atomic E-state index is 0.159. The van der Waals surface area contributed by atoms with Gasteiger partial charge in [0.15, 0.2) is 9.84 Å². The number of hydrogen-bond acceptors (Lipinski definition) is 4. The molecule has 0 saturated carbocycles. The molecule has 0 atom stereocenters. The molecule has 2 fully saturated rings. The van der Waals surface area contributed by atoms with Crippen molar-refractivity contribution >= 4 is 9.84 Å². The Kier molecular flexibility index (Phi) is 3.50. The van der Waals surface area contributed by atoms with Gasteiger partial charge in [0.1, 0.15) is 11.9 Å². The molecule has 0 spiro atoms. The molecular weight excluding hydrogens is 262 g/mol. The van der Waals surface area contributed by atoms with E-state index in [9.17, 15) is 8.42 Å². The molecule has 104 valence electrons. The van der Waals surface area contributed by atoms with Gasteiger partial charge in [-0.1, -0.05) is 18.2 Å². The molecule has 1 N–H and O–H groups in total. The average Bonchev–Trinajstić information content (AvgIpc) is 2.38. The topological polar surface area (TPSA) is 55.4 Å². The SMILES string of the molecule is O=S1(=O)CC(Oc2ccccc2C2CCNCC2)C1. The Morgan fingerprint density at radius 3 is 2.47 bits per heavy atom. The number of hydrogen-bond donors (Lipinski definition) is 1. The summed E-state index contributed by atoms with van der Waals surface area (Å²) in [6.45, 7) is 2.08. The van der Waals surface area contributed by atoms with Crippen molar-refractivity contribution in [2.24, 2.45) is 0 Å². The largest absolute Gasteiger partial charge is 0.488 e. The van der Waals surface area contributed by atoms with Gasteiger partial charge >= 0.3 is 0 Å². The molecule has 2 heterocycles. The first-order valence-corrected chi connectivity index (χ1v) is 8.63. The summed E-state index contributed by atoms with van der Waals surface area (Å²) in [7, 11) is -2.82. The van der Waals surface area contributed by atoms with Gasteiger partial charge in [-0.05, 0) is 43.5 Å². The summed E-state index contributed by atoms with van der Waals surface area (Å²) in [6, 6.07) is 8.05. The highest BCUT2D eigenvalue weighted by Crippen LogP contribution is 2.33. The van der Waals surface area contributed by atoms with E-state index in [0.717, 1.165) is 31.7 Å². The van der Waals surface area contributed by atoms with Crippen LogP contribution in [-0.2, 0) is 9.84 Å². The zero-order chi connectivity index (χ0) is 13.3. The van der Waals surface area contributed by atoms with Crippen molar-refractivity contribution in [1.29, 1.82) is 0 Å². The highest BCUT2D eigenvalue weighted by atomic mass is 32.2. The van der Waals surface area contributed by atoms with Crippen LogP contribution in [0.2, 0.25) is 0 Å². The van der Waals surface area contributed by atoms with Crippen LogP contribution in [0.1, 0.15) is 24.3 Å². The van der Waals surface area contributed by atoms with Gasteiger partial charge in [0.25, 0.3) is 0 Å². The van der Waals surface area contributed by atoms with Gasteiger partial charge in [-0.25, -0.2) is 8.42 Å². The molecule has 2 saturated heterocycles. The molecule has 1 aromatic carbocycles. The standard InChI is InChI=1S/C14H19NO3S/c16-19(17)9-12(10-19)18-14-4-2-1-3-13(14)11-5-7-15-8-6-11/h1-4,11-12,15H,5-10H2. The minimum Gasteiger partial charge on any atom is -0.488 e. The van der Waals surface area contributed by atoms with Crippen molar-refractivity contribution in [1.82, 2.24) is 5.32 Å². The quantitative estimate of drug-likeness (QED) is 0.908. The van der Waals surface area contributed by atoms with E-state index in [4.69, 9.17) is 4.74 Å². The predicted molar refractivity (Wildman–Crippen MR) is 74.4 cm³/mol. The van der Waals surface area contributed by atoms with Crippen LogP contribution in [0.5, 0.6) is 5.75 Å². The number of nitrogens with one attached hydrogen (secondary N) is 1. The van der Waals surface area contributed by atoms with E-state index >= 15 is 0 Å². The monoisotopic (exact) mass is 281 g/mol. The lowest BCUT2D eigenvalue weighted by atomic mass is 9.89. The molecule has 2 aliphatic heterocycles. The molecule has 4 nitrogen and oxygen atoms in total. The highest BCUT2D eigenvalue weighted by Gasteiger charge is 2.35. The van der Waals surface area contributed by atoms with Crippen molar-refractivity contribution < 1.29 is 13.2 Å².